The summed E-state index contributed by atoms with van der Waals surface area (Å²) in [6.45, 7) is 2.33. The molecule has 0 spiro atoms. The average Bonchev–Trinajstić information content (AvgIpc) is 2.83. The first kappa shape index (κ1) is 14.9. The smallest absolute Gasteiger partial charge is 0.295 e. The van der Waals surface area contributed by atoms with Crippen molar-refractivity contribution in [1.29, 1.82) is 0 Å². The molecule has 0 atom stereocenters. The fourth-order valence-electron chi connectivity index (χ4n) is 1.67. The molecule has 0 bridgehead atoms. The van der Waals surface area contributed by atoms with E-state index in [1.54, 1.807) is 31.3 Å². The monoisotopic (exact) mass is 314 g/mol. The van der Waals surface area contributed by atoms with Crippen molar-refractivity contribution in [3.63, 3.8) is 0 Å². The summed E-state index contributed by atoms with van der Waals surface area (Å²) in [5, 5.41) is 3.09. The van der Waals surface area contributed by atoms with Crippen LogP contribution in [0.4, 0.5) is 5.69 Å². The fourth-order valence-corrected chi connectivity index (χ4v) is 3.04. The van der Waals surface area contributed by atoms with E-state index in [2.05, 4.69) is 10.0 Å². The number of halogens is 1. The van der Waals surface area contributed by atoms with Gasteiger partial charge in [0.1, 0.15) is 5.76 Å². The Morgan fingerprint density at radius 3 is 2.65 bits per heavy atom. The van der Waals surface area contributed by atoms with Gasteiger partial charge in [-0.05, 0) is 43.8 Å². The molecule has 5 nitrogen and oxygen atoms in total. The van der Waals surface area contributed by atoms with Crippen molar-refractivity contribution in [1.82, 2.24) is 5.32 Å². The first-order valence-electron chi connectivity index (χ1n) is 5.94. The zero-order chi connectivity index (χ0) is 14.8. The molecule has 1 aromatic carbocycles. The molecule has 0 amide bonds. The maximum atomic E-state index is 12.2. The average molecular weight is 315 g/mol. The second kappa shape index (κ2) is 5.87. The summed E-state index contributed by atoms with van der Waals surface area (Å²) in [5.74, 6) is 0.544. The Hall–Kier alpha value is -1.50. The highest BCUT2D eigenvalue weighted by Crippen LogP contribution is 2.26. The Morgan fingerprint density at radius 2 is 2.00 bits per heavy atom. The summed E-state index contributed by atoms with van der Waals surface area (Å²) in [6.07, 6.45) is 0. The van der Waals surface area contributed by atoms with Gasteiger partial charge in [-0.3, -0.25) is 4.72 Å². The predicted octanol–water partition coefficient (Wildman–Crippen LogP) is 2.76. The molecule has 0 aliphatic heterocycles. The standard InChI is InChI=1S/C13H15ClN2O3S/c1-9-3-5-12(11(14)7-9)16-20(17,18)13-6-4-10(19-13)8-15-2/h3-7,15-16H,8H2,1-2H3. The van der Waals surface area contributed by atoms with Gasteiger partial charge in [-0.15, -0.1) is 0 Å². The molecule has 0 fully saturated rings. The molecule has 1 heterocycles. The van der Waals surface area contributed by atoms with Crippen LogP contribution in [0.15, 0.2) is 39.8 Å². The summed E-state index contributed by atoms with van der Waals surface area (Å²) in [4.78, 5) is 0. The third-order valence-electron chi connectivity index (χ3n) is 2.62. The minimum atomic E-state index is -3.78. The molecule has 0 unspecified atom stereocenters. The lowest BCUT2D eigenvalue weighted by molar-refractivity contribution is 0.408. The molecule has 0 radical (unpaired) electrons. The number of benzene rings is 1. The molecule has 0 aliphatic carbocycles. The van der Waals surface area contributed by atoms with Crippen LogP contribution in [0, 0.1) is 6.92 Å². The van der Waals surface area contributed by atoms with E-state index in [1.807, 2.05) is 6.92 Å². The molecular formula is C13H15ClN2O3S. The van der Waals surface area contributed by atoms with Crippen LogP contribution in [-0.2, 0) is 16.6 Å². The lowest BCUT2D eigenvalue weighted by Gasteiger charge is -2.08. The van der Waals surface area contributed by atoms with E-state index in [4.69, 9.17) is 16.0 Å². The van der Waals surface area contributed by atoms with Crippen LogP contribution in [0.1, 0.15) is 11.3 Å². The molecule has 2 aromatic rings. The summed E-state index contributed by atoms with van der Waals surface area (Å²) in [5.41, 5.74) is 1.27. The van der Waals surface area contributed by atoms with Crippen molar-refractivity contribution >= 4 is 27.3 Å². The second-order valence-corrected chi connectivity index (χ2v) is 6.36. The molecule has 7 heteroatoms. The highest BCUT2D eigenvalue weighted by Gasteiger charge is 2.20. The Morgan fingerprint density at radius 1 is 1.25 bits per heavy atom. The molecule has 0 aliphatic rings. The topological polar surface area (TPSA) is 71.3 Å². The Balaban J connectivity index is 2.26. The van der Waals surface area contributed by atoms with E-state index < -0.39 is 10.0 Å². The van der Waals surface area contributed by atoms with Crippen molar-refractivity contribution in [3.8, 4) is 0 Å². The third kappa shape index (κ3) is 3.33. The summed E-state index contributed by atoms with van der Waals surface area (Å²) >= 11 is 6.01. The van der Waals surface area contributed by atoms with Crippen LogP contribution in [-0.4, -0.2) is 15.5 Å². The molecule has 20 heavy (non-hydrogen) atoms. The van der Waals surface area contributed by atoms with Crippen molar-refractivity contribution in [2.75, 3.05) is 11.8 Å². The Bertz CT molecular complexity index is 710. The second-order valence-electron chi connectivity index (χ2n) is 4.34. The third-order valence-corrected chi connectivity index (χ3v) is 4.17. The fraction of sp³-hybridized carbons (Fsp3) is 0.231. The van der Waals surface area contributed by atoms with E-state index in [9.17, 15) is 8.42 Å². The first-order valence-corrected chi connectivity index (χ1v) is 7.81. The number of nitrogens with one attached hydrogen (secondary N) is 2. The SMILES string of the molecule is CNCc1ccc(S(=O)(=O)Nc2ccc(C)cc2Cl)o1. The van der Waals surface area contributed by atoms with Gasteiger partial charge in [0, 0.05) is 0 Å². The van der Waals surface area contributed by atoms with E-state index in [1.165, 1.54) is 6.07 Å². The zero-order valence-electron chi connectivity index (χ0n) is 11.1. The van der Waals surface area contributed by atoms with Gasteiger partial charge in [-0.2, -0.15) is 8.42 Å². The molecule has 2 rings (SSSR count). The zero-order valence-corrected chi connectivity index (χ0v) is 12.7. The minimum Gasteiger partial charge on any atom is -0.446 e. The minimum absolute atomic E-state index is 0.139. The van der Waals surface area contributed by atoms with Gasteiger partial charge >= 0.3 is 0 Å². The van der Waals surface area contributed by atoms with Crippen molar-refractivity contribution in [2.24, 2.45) is 0 Å². The Labute approximate surface area is 123 Å². The number of sulfonamides is 1. The summed E-state index contributed by atoms with van der Waals surface area (Å²) in [7, 11) is -2.02. The highest BCUT2D eigenvalue weighted by molar-refractivity contribution is 7.92. The Kier molecular flexibility index (Phi) is 4.37. The van der Waals surface area contributed by atoms with Crippen LogP contribution in [0.3, 0.4) is 0 Å². The van der Waals surface area contributed by atoms with Crippen molar-refractivity contribution in [3.05, 3.63) is 46.7 Å². The predicted molar refractivity (Wildman–Crippen MR) is 78.5 cm³/mol. The summed E-state index contributed by atoms with van der Waals surface area (Å²) in [6, 6.07) is 8.11. The lowest BCUT2D eigenvalue weighted by atomic mass is 10.2. The van der Waals surface area contributed by atoms with Crippen LogP contribution < -0.4 is 10.0 Å². The lowest BCUT2D eigenvalue weighted by Crippen LogP contribution is -2.12. The van der Waals surface area contributed by atoms with E-state index >= 15 is 0 Å². The quantitative estimate of drug-likeness (QED) is 0.890. The van der Waals surface area contributed by atoms with Crippen LogP contribution in [0.25, 0.3) is 0 Å². The molecule has 0 saturated carbocycles. The van der Waals surface area contributed by atoms with Crippen LogP contribution >= 0.6 is 11.6 Å². The van der Waals surface area contributed by atoms with Gasteiger partial charge in [0.15, 0.2) is 0 Å². The van der Waals surface area contributed by atoms with E-state index in [0.29, 0.717) is 23.0 Å². The van der Waals surface area contributed by atoms with Crippen LogP contribution in [0.2, 0.25) is 5.02 Å². The number of anilines is 1. The van der Waals surface area contributed by atoms with Gasteiger partial charge < -0.3 is 9.73 Å². The van der Waals surface area contributed by atoms with Gasteiger partial charge in [-0.25, -0.2) is 0 Å². The molecule has 2 N–H and O–H groups in total. The maximum absolute atomic E-state index is 12.2. The molecule has 108 valence electrons. The van der Waals surface area contributed by atoms with E-state index in [-0.39, 0.29) is 5.09 Å². The number of hydrogen-bond donors (Lipinski definition) is 2. The largest absolute Gasteiger partial charge is 0.446 e. The number of aryl methyl sites for hydroxylation is 1. The molecule has 1 aromatic heterocycles. The first-order chi connectivity index (χ1) is 9.42. The normalized spacial score (nSPS) is 11.6. The van der Waals surface area contributed by atoms with Crippen molar-refractivity contribution < 1.29 is 12.8 Å². The highest BCUT2D eigenvalue weighted by atomic mass is 35.5. The number of furan rings is 1. The maximum Gasteiger partial charge on any atom is 0.295 e. The number of rotatable bonds is 5. The van der Waals surface area contributed by atoms with Gasteiger partial charge in [0.25, 0.3) is 10.0 Å². The molecule has 0 saturated heterocycles. The molecular weight excluding hydrogens is 300 g/mol. The summed E-state index contributed by atoms with van der Waals surface area (Å²) < 4.78 is 32.0. The van der Waals surface area contributed by atoms with Crippen LogP contribution in [0.5, 0.6) is 0 Å². The van der Waals surface area contributed by atoms with Crippen molar-refractivity contribution in [2.45, 2.75) is 18.6 Å². The van der Waals surface area contributed by atoms with Gasteiger partial charge in [-0.1, -0.05) is 17.7 Å². The number of hydrogen-bond acceptors (Lipinski definition) is 4. The van der Waals surface area contributed by atoms with Gasteiger partial charge in [0.2, 0.25) is 5.09 Å². The van der Waals surface area contributed by atoms with Gasteiger partial charge in [0.05, 0.1) is 17.3 Å². The van der Waals surface area contributed by atoms with E-state index in [0.717, 1.165) is 5.56 Å².